The predicted molar refractivity (Wildman–Crippen MR) is 82.1 cm³/mol. The van der Waals surface area contributed by atoms with Gasteiger partial charge in [-0.1, -0.05) is 11.4 Å². The van der Waals surface area contributed by atoms with Crippen molar-refractivity contribution in [3.05, 3.63) is 5.69 Å². The summed E-state index contributed by atoms with van der Waals surface area (Å²) in [5.41, 5.74) is 1.07. The Balaban J connectivity index is 1.85. The summed E-state index contributed by atoms with van der Waals surface area (Å²) in [6.45, 7) is 9.26. The maximum atomic E-state index is 9.02. The number of aromatic nitrogens is 2. The van der Waals surface area contributed by atoms with Crippen LogP contribution in [-0.4, -0.2) is 70.4 Å². The van der Waals surface area contributed by atoms with Gasteiger partial charge in [-0.2, -0.15) is 0 Å². The van der Waals surface area contributed by atoms with Crippen molar-refractivity contribution in [1.29, 1.82) is 0 Å². The first-order valence-corrected chi connectivity index (χ1v) is 8.21. The van der Waals surface area contributed by atoms with Crippen LogP contribution >= 0.6 is 11.5 Å². The first-order chi connectivity index (χ1) is 9.83. The Labute approximate surface area is 124 Å². The molecule has 1 aliphatic heterocycles. The molecule has 2 heterocycles. The van der Waals surface area contributed by atoms with Gasteiger partial charge >= 0.3 is 0 Å². The quantitative estimate of drug-likeness (QED) is 0.778. The van der Waals surface area contributed by atoms with Crippen LogP contribution < -0.4 is 5.32 Å². The highest BCUT2D eigenvalue weighted by Gasteiger charge is 2.17. The van der Waals surface area contributed by atoms with Crippen molar-refractivity contribution >= 4 is 16.5 Å². The van der Waals surface area contributed by atoms with E-state index < -0.39 is 0 Å². The lowest BCUT2D eigenvalue weighted by atomic mass is 10.3. The molecule has 1 aliphatic rings. The van der Waals surface area contributed by atoms with Crippen LogP contribution in [0.15, 0.2) is 0 Å². The predicted octanol–water partition coefficient (Wildman–Crippen LogP) is 0.860. The maximum absolute atomic E-state index is 9.02. The van der Waals surface area contributed by atoms with Gasteiger partial charge in [0.25, 0.3) is 0 Å². The van der Waals surface area contributed by atoms with Crippen LogP contribution in [0.5, 0.6) is 0 Å². The summed E-state index contributed by atoms with van der Waals surface area (Å²) in [7, 11) is 0. The number of aliphatic hydroxyl groups is 1. The molecule has 0 amide bonds. The minimum Gasteiger partial charge on any atom is -0.395 e. The van der Waals surface area contributed by atoms with E-state index in [1.807, 2.05) is 0 Å². The Hall–Kier alpha value is -0.760. The summed E-state index contributed by atoms with van der Waals surface area (Å²) in [6, 6.07) is 0. The summed E-state index contributed by atoms with van der Waals surface area (Å²) in [6.07, 6.45) is 2.26. The van der Waals surface area contributed by atoms with Gasteiger partial charge in [0, 0.05) is 44.3 Å². The average Bonchev–Trinajstić information content (AvgIpc) is 2.77. The van der Waals surface area contributed by atoms with Crippen molar-refractivity contribution in [2.75, 3.05) is 51.2 Å². The Kier molecular flexibility index (Phi) is 6.65. The molecule has 1 fully saturated rings. The molecule has 0 spiro atoms. The van der Waals surface area contributed by atoms with Gasteiger partial charge in [-0.3, -0.25) is 9.80 Å². The van der Waals surface area contributed by atoms with E-state index in [2.05, 4.69) is 31.6 Å². The fourth-order valence-electron chi connectivity index (χ4n) is 2.44. The zero-order chi connectivity index (χ0) is 14.2. The number of aliphatic hydroxyl groups excluding tert-OH is 1. The highest BCUT2D eigenvalue weighted by Crippen LogP contribution is 2.20. The molecule has 0 bridgehead atoms. The molecule has 0 aliphatic carbocycles. The molecule has 0 atom stereocenters. The van der Waals surface area contributed by atoms with Gasteiger partial charge in [0.2, 0.25) is 0 Å². The Morgan fingerprint density at radius 2 is 2.05 bits per heavy atom. The van der Waals surface area contributed by atoms with Gasteiger partial charge in [-0.25, -0.2) is 0 Å². The third-order valence-corrected chi connectivity index (χ3v) is 4.29. The van der Waals surface area contributed by atoms with Crippen LogP contribution in [0.25, 0.3) is 0 Å². The van der Waals surface area contributed by atoms with E-state index in [4.69, 9.17) is 5.11 Å². The van der Waals surface area contributed by atoms with E-state index in [1.54, 1.807) is 0 Å². The smallest absolute Gasteiger partial charge is 0.134 e. The molecule has 7 heteroatoms. The fourth-order valence-corrected chi connectivity index (χ4v) is 3.04. The van der Waals surface area contributed by atoms with E-state index in [-0.39, 0.29) is 6.61 Å². The van der Waals surface area contributed by atoms with Crippen LogP contribution in [0.3, 0.4) is 0 Å². The molecule has 114 valence electrons. The third kappa shape index (κ3) is 4.66. The van der Waals surface area contributed by atoms with Gasteiger partial charge in [0.05, 0.1) is 6.61 Å². The summed E-state index contributed by atoms with van der Waals surface area (Å²) in [5.74, 6) is 0. The summed E-state index contributed by atoms with van der Waals surface area (Å²) < 4.78 is 4.07. The Bertz CT molecular complexity index is 387. The lowest BCUT2D eigenvalue weighted by Gasteiger charge is -2.20. The van der Waals surface area contributed by atoms with E-state index in [9.17, 15) is 0 Å². The van der Waals surface area contributed by atoms with Crippen molar-refractivity contribution in [1.82, 2.24) is 19.4 Å². The summed E-state index contributed by atoms with van der Waals surface area (Å²) in [5, 5.41) is 17.8. The molecule has 1 aromatic rings. The number of nitrogens with one attached hydrogen (secondary N) is 1. The third-order valence-electron chi connectivity index (χ3n) is 3.56. The lowest BCUT2D eigenvalue weighted by Crippen LogP contribution is -2.32. The van der Waals surface area contributed by atoms with E-state index >= 15 is 0 Å². The number of hydrogen-bond donors (Lipinski definition) is 2. The first kappa shape index (κ1) is 15.6. The van der Waals surface area contributed by atoms with Crippen molar-refractivity contribution in [2.45, 2.75) is 26.3 Å². The van der Waals surface area contributed by atoms with Crippen molar-refractivity contribution < 1.29 is 5.11 Å². The molecule has 0 unspecified atom stereocenters. The molecule has 20 heavy (non-hydrogen) atoms. The summed E-state index contributed by atoms with van der Waals surface area (Å²) in [4.78, 5) is 4.76. The SMILES string of the molecule is CCCNc1snnc1CN1CCCN(CCO)CC1. The minimum absolute atomic E-state index is 0.251. The normalized spacial score (nSPS) is 18.1. The number of rotatable bonds is 7. The second-order valence-electron chi connectivity index (χ2n) is 5.17. The van der Waals surface area contributed by atoms with Crippen LogP contribution in [0, 0.1) is 0 Å². The zero-order valence-corrected chi connectivity index (χ0v) is 13.0. The lowest BCUT2D eigenvalue weighted by molar-refractivity contribution is 0.195. The number of hydrogen-bond acceptors (Lipinski definition) is 7. The molecule has 1 saturated heterocycles. The number of nitrogens with zero attached hydrogens (tertiary/aromatic N) is 4. The van der Waals surface area contributed by atoms with Crippen LogP contribution in [-0.2, 0) is 6.54 Å². The van der Waals surface area contributed by atoms with Crippen molar-refractivity contribution in [2.24, 2.45) is 0 Å². The fraction of sp³-hybridized carbons (Fsp3) is 0.846. The van der Waals surface area contributed by atoms with Crippen molar-refractivity contribution in [3.8, 4) is 0 Å². The van der Waals surface area contributed by atoms with E-state index in [0.29, 0.717) is 0 Å². The molecule has 6 nitrogen and oxygen atoms in total. The van der Waals surface area contributed by atoms with E-state index in [1.165, 1.54) is 11.5 Å². The highest BCUT2D eigenvalue weighted by molar-refractivity contribution is 7.10. The maximum Gasteiger partial charge on any atom is 0.134 e. The minimum atomic E-state index is 0.251. The molecule has 0 radical (unpaired) electrons. The topological polar surface area (TPSA) is 64.5 Å². The largest absolute Gasteiger partial charge is 0.395 e. The van der Waals surface area contributed by atoms with Gasteiger partial charge in [0.15, 0.2) is 0 Å². The van der Waals surface area contributed by atoms with Crippen molar-refractivity contribution in [3.63, 3.8) is 0 Å². The van der Waals surface area contributed by atoms with Crippen LogP contribution in [0.1, 0.15) is 25.5 Å². The van der Waals surface area contributed by atoms with Crippen LogP contribution in [0.2, 0.25) is 0 Å². The Morgan fingerprint density at radius 3 is 2.85 bits per heavy atom. The Morgan fingerprint density at radius 1 is 1.25 bits per heavy atom. The molecule has 2 N–H and O–H groups in total. The second-order valence-corrected chi connectivity index (χ2v) is 5.92. The second kappa shape index (κ2) is 8.51. The molecule has 1 aromatic heterocycles. The van der Waals surface area contributed by atoms with E-state index in [0.717, 1.165) is 69.3 Å². The highest BCUT2D eigenvalue weighted by atomic mass is 32.1. The standard InChI is InChI=1S/C13H25N5OS/c1-2-4-14-13-12(15-16-20-13)11-18-6-3-5-17(7-8-18)9-10-19/h14,19H,2-11H2,1H3. The molecular weight excluding hydrogens is 274 g/mol. The molecule has 0 saturated carbocycles. The van der Waals surface area contributed by atoms with Crippen LogP contribution in [0.4, 0.5) is 5.00 Å². The summed E-state index contributed by atoms with van der Waals surface area (Å²) >= 11 is 1.45. The molecular formula is C13H25N5OS. The monoisotopic (exact) mass is 299 g/mol. The van der Waals surface area contributed by atoms with Gasteiger partial charge in [0.1, 0.15) is 10.7 Å². The first-order valence-electron chi connectivity index (χ1n) is 7.44. The zero-order valence-electron chi connectivity index (χ0n) is 12.2. The number of β-amino-alcohol motifs (C(OH)–C–C–N with tert-alkyl or cyclic N) is 1. The van der Waals surface area contributed by atoms with Gasteiger partial charge in [-0.05, 0) is 25.9 Å². The van der Waals surface area contributed by atoms with Gasteiger partial charge < -0.3 is 10.4 Å². The number of anilines is 1. The molecule has 0 aromatic carbocycles. The van der Waals surface area contributed by atoms with Gasteiger partial charge in [-0.15, -0.1) is 5.10 Å². The average molecular weight is 299 g/mol. The molecule has 2 rings (SSSR count).